The van der Waals surface area contributed by atoms with Gasteiger partial charge >= 0.3 is 0 Å². The van der Waals surface area contributed by atoms with Gasteiger partial charge in [0, 0.05) is 9.90 Å². The highest BCUT2D eigenvalue weighted by Crippen LogP contribution is 2.31. The molecule has 0 aliphatic heterocycles. The lowest BCUT2D eigenvalue weighted by Gasteiger charge is -2.09. The summed E-state index contributed by atoms with van der Waals surface area (Å²) in [5, 5.41) is 1.50. The van der Waals surface area contributed by atoms with E-state index in [1.54, 1.807) is 22.2 Å². The molecule has 3 nitrogen and oxygen atoms in total. The lowest BCUT2D eigenvalue weighted by atomic mass is 9.99. The van der Waals surface area contributed by atoms with E-state index < -0.39 is 0 Å². The minimum absolute atomic E-state index is 0.0481. The fourth-order valence-electron chi connectivity index (χ4n) is 3.99. The predicted octanol–water partition coefficient (Wildman–Crippen LogP) is 6.32. The molecule has 0 unspecified atom stereocenters. The van der Waals surface area contributed by atoms with Gasteiger partial charge in [0.1, 0.15) is 11.2 Å². The Morgan fingerprint density at radius 2 is 1.52 bits per heavy atom. The van der Waals surface area contributed by atoms with Crippen LogP contribution < -0.4 is 5.56 Å². The number of halogens is 1. The van der Waals surface area contributed by atoms with Crippen molar-refractivity contribution < 1.29 is 0 Å². The van der Waals surface area contributed by atoms with Crippen molar-refractivity contribution in [2.75, 3.05) is 0 Å². The zero-order valence-electron chi connectivity index (χ0n) is 15.5. The Morgan fingerprint density at radius 3 is 2.22 bits per heavy atom. The minimum atomic E-state index is 0.0481. The molecule has 0 amide bonds. The van der Waals surface area contributed by atoms with E-state index in [0.29, 0.717) is 5.02 Å². The number of rotatable bonds is 1. The van der Waals surface area contributed by atoms with Crippen LogP contribution in [0.5, 0.6) is 0 Å². The second-order valence-electron chi connectivity index (χ2n) is 7.41. The van der Waals surface area contributed by atoms with Crippen molar-refractivity contribution in [3.05, 3.63) is 56.4 Å². The molecule has 0 bridgehead atoms. The third-order valence-corrected chi connectivity index (χ3v) is 6.93. The summed E-state index contributed by atoms with van der Waals surface area (Å²) in [6.45, 7) is 0. The normalized spacial score (nSPS) is 16.5. The van der Waals surface area contributed by atoms with Crippen molar-refractivity contribution in [2.24, 2.45) is 0 Å². The van der Waals surface area contributed by atoms with Gasteiger partial charge in [0.05, 0.1) is 11.1 Å². The Morgan fingerprint density at radius 1 is 0.889 bits per heavy atom. The number of nitrogens with zero attached hydrogens (tertiary/aromatic N) is 2. The van der Waals surface area contributed by atoms with E-state index in [1.165, 1.54) is 55.4 Å². The molecular weight excluding hydrogens is 376 g/mol. The van der Waals surface area contributed by atoms with Gasteiger partial charge in [-0.05, 0) is 55.5 Å². The van der Waals surface area contributed by atoms with Crippen LogP contribution in [0, 0.1) is 0 Å². The average molecular weight is 401 g/mol. The van der Waals surface area contributed by atoms with E-state index in [4.69, 9.17) is 11.6 Å². The first-order valence-electron chi connectivity index (χ1n) is 10.0. The molecule has 1 aliphatic rings. The van der Waals surface area contributed by atoms with E-state index in [9.17, 15) is 4.79 Å². The van der Waals surface area contributed by atoms with Crippen molar-refractivity contribution in [3.8, 4) is 5.69 Å². The topological polar surface area (TPSA) is 34.9 Å². The summed E-state index contributed by atoms with van der Waals surface area (Å²) in [7, 11) is 0. The second-order valence-corrected chi connectivity index (χ2v) is 8.93. The quantitative estimate of drug-likeness (QED) is 0.479. The Bertz CT molecular complexity index is 974. The summed E-state index contributed by atoms with van der Waals surface area (Å²) >= 11 is 7.72. The van der Waals surface area contributed by atoms with Crippen LogP contribution in [0.1, 0.15) is 61.8 Å². The average Bonchev–Trinajstić information content (AvgIpc) is 3.01. The number of hydrogen-bond donors (Lipinski definition) is 0. The molecule has 5 heteroatoms. The number of aryl methyl sites for hydroxylation is 2. The van der Waals surface area contributed by atoms with Crippen molar-refractivity contribution in [3.63, 3.8) is 0 Å². The van der Waals surface area contributed by atoms with Crippen LogP contribution in [0.4, 0.5) is 0 Å². The summed E-state index contributed by atoms with van der Waals surface area (Å²) < 4.78 is 1.65. The highest BCUT2D eigenvalue weighted by molar-refractivity contribution is 7.18. The van der Waals surface area contributed by atoms with Crippen molar-refractivity contribution in [1.82, 2.24) is 9.55 Å². The largest absolute Gasteiger partial charge is 0.268 e. The maximum atomic E-state index is 13.3. The smallest absolute Gasteiger partial charge is 0.266 e. The van der Waals surface area contributed by atoms with E-state index >= 15 is 0 Å². The molecule has 3 aromatic rings. The Kier molecular flexibility index (Phi) is 5.94. The molecule has 0 spiro atoms. The van der Waals surface area contributed by atoms with Gasteiger partial charge in [-0.15, -0.1) is 11.3 Å². The molecule has 142 valence electrons. The standard InChI is InChI=1S/C22H25ClN2OS/c23-16-11-13-17(14-12-16)25-15-24-21-20(22(25)26)18-9-7-5-3-1-2-4-6-8-10-19(18)27-21/h11-15H,1-10H2. The van der Waals surface area contributed by atoms with Gasteiger partial charge in [-0.2, -0.15) is 0 Å². The van der Waals surface area contributed by atoms with Gasteiger partial charge in [-0.3, -0.25) is 9.36 Å². The van der Waals surface area contributed by atoms with Crippen LogP contribution in [0.25, 0.3) is 15.9 Å². The van der Waals surface area contributed by atoms with E-state index in [0.717, 1.165) is 35.2 Å². The van der Waals surface area contributed by atoms with Crippen LogP contribution in [-0.2, 0) is 12.8 Å². The predicted molar refractivity (Wildman–Crippen MR) is 115 cm³/mol. The highest BCUT2D eigenvalue weighted by atomic mass is 35.5. The van der Waals surface area contributed by atoms with Crippen molar-refractivity contribution in [1.29, 1.82) is 0 Å². The Balaban J connectivity index is 1.78. The summed E-state index contributed by atoms with van der Waals surface area (Å²) in [4.78, 5) is 20.2. The molecule has 1 aromatic carbocycles. The molecule has 1 aliphatic carbocycles. The number of thiophene rings is 1. The Hall–Kier alpha value is -1.65. The molecule has 2 heterocycles. The minimum Gasteiger partial charge on any atom is -0.268 e. The number of aromatic nitrogens is 2. The molecule has 2 aromatic heterocycles. The van der Waals surface area contributed by atoms with Crippen LogP contribution in [-0.4, -0.2) is 9.55 Å². The van der Waals surface area contributed by atoms with E-state index in [-0.39, 0.29) is 5.56 Å². The third kappa shape index (κ3) is 4.12. The van der Waals surface area contributed by atoms with Gasteiger partial charge < -0.3 is 0 Å². The molecular formula is C22H25ClN2OS. The van der Waals surface area contributed by atoms with Crippen molar-refractivity contribution in [2.45, 2.75) is 64.2 Å². The lowest BCUT2D eigenvalue weighted by molar-refractivity contribution is 0.562. The monoisotopic (exact) mass is 400 g/mol. The lowest BCUT2D eigenvalue weighted by Crippen LogP contribution is -2.19. The first-order valence-corrected chi connectivity index (χ1v) is 11.2. The number of benzene rings is 1. The van der Waals surface area contributed by atoms with E-state index in [1.807, 2.05) is 24.3 Å². The van der Waals surface area contributed by atoms with Crippen LogP contribution >= 0.6 is 22.9 Å². The summed E-state index contributed by atoms with van der Waals surface area (Å²) in [6.07, 6.45) is 14.0. The van der Waals surface area contributed by atoms with Gasteiger partial charge in [0.25, 0.3) is 5.56 Å². The van der Waals surface area contributed by atoms with Gasteiger partial charge in [0.15, 0.2) is 0 Å². The summed E-state index contributed by atoms with van der Waals surface area (Å²) in [5.74, 6) is 0. The van der Waals surface area contributed by atoms with Crippen LogP contribution in [0.2, 0.25) is 5.02 Å². The van der Waals surface area contributed by atoms with Gasteiger partial charge in [0.2, 0.25) is 0 Å². The molecule has 0 saturated carbocycles. The molecule has 0 fully saturated rings. The highest BCUT2D eigenvalue weighted by Gasteiger charge is 2.18. The van der Waals surface area contributed by atoms with Gasteiger partial charge in [-0.25, -0.2) is 4.98 Å². The third-order valence-electron chi connectivity index (χ3n) is 5.48. The zero-order chi connectivity index (χ0) is 18.6. The Labute approximate surface area is 169 Å². The first-order chi connectivity index (χ1) is 13.2. The maximum absolute atomic E-state index is 13.3. The molecule has 0 N–H and O–H groups in total. The fraction of sp³-hybridized carbons (Fsp3) is 0.455. The zero-order valence-corrected chi connectivity index (χ0v) is 17.1. The molecule has 4 rings (SSSR count). The number of fused-ring (bicyclic) bond motifs is 3. The second kappa shape index (κ2) is 8.57. The van der Waals surface area contributed by atoms with Gasteiger partial charge in [-0.1, -0.05) is 50.1 Å². The number of hydrogen-bond acceptors (Lipinski definition) is 3. The molecule has 27 heavy (non-hydrogen) atoms. The molecule has 0 atom stereocenters. The molecule has 0 radical (unpaired) electrons. The summed E-state index contributed by atoms with van der Waals surface area (Å²) in [5.41, 5.74) is 2.12. The van der Waals surface area contributed by atoms with Crippen LogP contribution in [0.3, 0.4) is 0 Å². The maximum Gasteiger partial charge on any atom is 0.266 e. The van der Waals surface area contributed by atoms with E-state index in [2.05, 4.69) is 4.98 Å². The fourth-order valence-corrected chi connectivity index (χ4v) is 5.34. The first kappa shape index (κ1) is 18.7. The van der Waals surface area contributed by atoms with Crippen LogP contribution in [0.15, 0.2) is 35.4 Å². The van der Waals surface area contributed by atoms with Crippen molar-refractivity contribution >= 4 is 33.2 Å². The molecule has 0 saturated heterocycles. The SMILES string of the molecule is O=c1c2c3c(sc2ncn1-c1ccc(Cl)cc1)CCCCCCCCCC3. The summed E-state index contributed by atoms with van der Waals surface area (Å²) in [6, 6.07) is 7.37.